The van der Waals surface area contributed by atoms with E-state index in [0.717, 1.165) is 24.4 Å². The zero-order valence-corrected chi connectivity index (χ0v) is 10.8. The Labute approximate surface area is 111 Å². The normalized spacial score (nSPS) is 13.9. The topological polar surface area (TPSA) is 57.0 Å². The summed E-state index contributed by atoms with van der Waals surface area (Å²) < 4.78 is 6.70. The highest BCUT2D eigenvalue weighted by atomic mass is 16.5. The SMILES string of the molecule is COC(=O)c1ccnc(-n2cnc3c2CCCC3)c1. The highest BCUT2D eigenvalue weighted by Crippen LogP contribution is 2.22. The predicted molar refractivity (Wildman–Crippen MR) is 69.3 cm³/mol. The Balaban J connectivity index is 2.02. The molecule has 3 rings (SSSR count). The van der Waals surface area contributed by atoms with E-state index in [4.69, 9.17) is 4.74 Å². The molecule has 2 aromatic heterocycles. The average molecular weight is 257 g/mol. The minimum atomic E-state index is -0.349. The number of pyridine rings is 1. The molecule has 0 saturated heterocycles. The number of hydrogen-bond donors (Lipinski definition) is 0. The molecule has 0 saturated carbocycles. The van der Waals surface area contributed by atoms with Crippen LogP contribution in [0.4, 0.5) is 0 Å². The summed E-state index contributed by atoms with van der Waals surface area (Å²) in [6.45, 7) is 0. The number of nitrogens with zero attached hydrogens (tertiary/aromatic N) is 3. The molecule has 2 aromatic rings. The fourth-order valence-corrected chi connectivity index (χ4v) is 2.46. The smallest absolute Gasteiger partial charge is 0.338 e. The van der Waals surface area contributed by atoms with Crippen molar-refractivity contribution in [2.24, 2.45) is 0 Å². The lowest BCUT2D eigenvalue weighted by Gasteiger charge is -2.13. The maximum absolute atomic E-state index is 11.5. The number of imidazole rings is 1. The summed E-state index contributed by atoms with van der Waals surface area (Å²) in [6.07, 6.45) is 7.82. The summed E-state index contributed by atoms with van der Waals surface area (Å²) in [5, 5.41) is 0. The van der Waals surface area contributed by atoms with Gasteiger partial charge in [0.2, 0.25) is 0 Å². The van der Waals surface area contributed by atoms with Crippen molar-refractivity contribution < 1.29 is 9.53 Å². The lowest BCUT2D eigenvalue weighted by molar-refractivity contribution is 0.0600. The van der Waals surface area contributed by atoms with Crippen LogP contribution in [-0.2, 0) is 17.6 Å². The number of aryl methyl sites for hydroxylation is 1. The molecule has 5 heteroatoms. The number of rotatable bonds is 2. The lowest BCUT2D eigenvalue weighted by Crippen LogP contribution is -2.09. The molecule has 0 amide bonds. The van der Waals surface area contributed by atoms with Gasteiger partial charge in [-0.05, 0) is 37.8 Å². The third-order valence-corrected chi connectivity index (χ3v) is 3.44. The van der Waals surface area contributed by atoms with Crippen LogP contribution in [0, 0.1) is 0 Å². The van der Waals surface area contributed by atoms with Crippen LogP contribution in [0.2, 0.25) is 0 Å². The number of carbonyl (C=O) groups excluding carboxylic acids is 1. The van der Waals surface area contributed by atoms with Crippen molar-refractivity contribution in [3.63, 3.8) is 0 Å². The number of ether oxygens (including phenoxy) is 1. The van der Waals surface area contributed by atoms with Crippen molar-refractivity contribution in [1.82, 2.24) is 14.5 Å². The fourth-order valence-electron chi connectivity index (χ4n) is 2.46. The molecule has 0 spiro atoms. The first kappa shape index (κ1) is 11.9. The van der Waals surface area contributed by atoms with E-state index in [1.807, 2.05) is 4.57 Å². The summed E-state index contributed by atoms with van der Waals surface area (Å²) in [4.78, 5) is 20.3. The molecule has 0 radical (unpaired) electrons. The molecule has 2 heterocycles. The molecule has 1 aliphatic rings. The van der Waals surface area contributed by atoms with Gasteiger partial charge in [-0.15, -0.1) is 0 Å². The van der Waals surface area contributed by atoms with E-state index in [-0.39, 0.29) is 5.97 Å². The van der Waals surface area contributed by atoms with Gasteiger partial charge < -0.3 is 4.74 Å². The molecular formula is C14H15N3O2. The van der Waals surface area contributed by atoms with E-state index in [0.29, 0.717) is 5.56 Å². The van der Waals surface area contributed by atoms with Crippen LogP contribution in [0.25, 0.3) is 5.82 Å². The van der Waals surface area contributed by atoms with E-state index in [9.17, 15) is 4.79 Å². The van der Waals surface area contributed by atoms with Crippen LogP contribution in [0.1, 0.15) is 34.6 Å². The van der Waals surface area contributed by atoms with Crippen molar-refractivity contribution in [3.05, 3.63) is 41.6 Å². The molecule has 0 fully saturated rings. The third kappa shape index (κ3) is 2.12. The third-order valence-electron chi connectivity index (χ3n) is 3.44. The molecule has 0 aromatic carbocycles. The van der Waals surface area contributed by atoms with Gasteiger partial charge in [0.15, 0.2) is 0 Å². The standard InChI is InChI=1S/C14H15N3O2/c1-19-14(18)10-6-7-15-13(8-10)17-9-16-11-4-2-3-5-12(11)17/h6-9H,2-5H2,1H3. The Kier molecular flexibility index (Phi) is 3.03. The van der Waals surface area contributed by atoms with Crippen LogP contribution >= 0.6 is 0 Å². The summed E-state index contributed by atoms with van der Waals surface area (Å²) in [6, 6.07) is 3.39. The zero-order valence-electron chi connectivity index (χ0n) is 10.8. The van der Waals surface area contributed by atoms with Crippen molar-refractivity contribution >= 4 is 5.97 Å². The van der Waals surface area contributed by atoms with Crippen molar-refractivity contribution in [2.75, 3.05) is 7.11 Å². The molecular weight excluding hydrogens is 242 g/mol. The Morgan fingerprint density at radius 3 is 3.00 bits per heavy atom. The maximum Gasteiger partial charge on any atom is 0.338 e. The van der Waals surface area contributed by atoms with Crippen molar-refractivity contribution in [3.8, 4) is 5.82 Å². The molecule has 0 N–H and O–H groups in total. The first-order chi connectivity index (χ1) is 9.29. The average Bonchev–Trinajstić information content (AvgIpc) is 2.90. The van der Waals surface area contributed by atoms with Gasteiger partial charge >= 0.3 is 5.97 Å². The van der Waals surface area contributed by atoms with E-state index >= 15 is 0 Å². The van der Waals surface area contributed by atoms with Crippen molar-refractivity contribution in [2.45, 2.75) is 25.7 Å². The van der Waals surface area contributed by atoms with Gasteiger partial charge in [0.25, 0.3) is 0 Å². The molecule has 5 nitrogen and oxygen atoms in total. The van der Waals surface area contributed by atoms with Crippen LogP contribution in [0.3, 0.4) is 0 Å². The van der Waals surface area contributed by atoms with Gasteiger partial charge in [0.1, 0.15) is 12.1 Å². The van der Waals surface area contributed by atoms with Gasteiger partial charge in [-0.25, -0.2) is 14.8 Å². The van der Waals surface area contributed by atoms with Gasteiger partial charge in [0, 0.05) is 11.9 Å². The van der Waals surface area contributed by atoms with Crippen LogP contribution in [-0.4, -0.2) is 27.6 Å². The molecule has 0 unspecified atom stereocenters. The second kappa shape index (κ2) is 4.84. The Bertz CT molecular complexity index is 619. The van der Waals surface area contributed by atoms with Gasteiger partial charge in [-0.1, -0.05) is 0 Å². The van der Waals surface area contributed by atoms with Crippen LogP contribution in [0.15, 0.2) is 24.7 Å². The van der Waals surface area contributed by atoms with E-state index < -0.39 is 0 Å². The first-order valence-corrected chi connectivity index (χ1v) is 6.39. The molecule has 0 aliphatic heterocycles. The Hall–Kier alpha value is -2.17. The number of hydrogen-bond acceptors (Lipinski definition) is 4. The molecule has 0 bridgehead atoms. The summed E-state index contributed by atoms with van der Waals surface area (Å²) in [5.41, 5.74) is 2.86. The number of methoxy groups -OCH3 is 1. The molecule has 98 valence electrons. The van der Waals surface area contributed by atoms with Gasteiger partial charge in [-0.3, -0.25) is 4.57 Å². The minimum absolute atomic E-state index is 0.349. The van der Waals surface area contributed by atoms with Crippen LogP contribution in [0.5, 0.6) is 0 Å². The number of esters is 1. The summed E-state index contributed by atoms with van der Waals surface area (Å²) in [5.74, 6) is 0.371. The van der Waals surface area contributed by atoms with E-state index in [1.54, 1.807) is 24.7 Å². The Morgan fingerprint density at radius 2 is 2.16 bits per heavy atom. The Morgan fingerprint density at radius 1 is 1.32 bits per heavy atom. The number of aromatic nitrogens is 3. The maximum atomic E-state index is 11.5. The number of carbonyl (C=O) groups is 1. The largest absolute Gasteiger partial charge is 0.465 e. The molecule has 1 aliphatic carbocycles. The highest BCUT2D eigenvalue weighted by Gasteiger charge is 2.17. The zero-order chi connectivity index (χ0) is 13.2. The molecule has 19 heavy (non-hydrogen) atoms. The monoisotopic (exact) mass is 257 g/mol. The van der Waals surface area contributed by atoms with Gasteiger partial charge in [0.05, 0.1) is 18.4 Å². The highest BCUT2D eigenvalue weighted by molar-refractivity contribution is 5.89. The lowest BCUT2D eigenvalue weighted by atomic mass is 10.0. The summed E-state index contributed by atoms with van der Waals surface area (Å²) >= 11 is 0. The quantitative estimate of drug-likeness (QED) is 0.771. The second-order valence-electron chi connectivity index (χ2n) is 4.61. The predicted octanol–water partition coefficient (Wildman–Crippen LogP) is 1.93. The van der Waals surface area contributed by atoms with Gasteiger partial charge in [-0.2, -0.15) is 0 Å². The van der Waals surface area contributed by atoms with E-state index in [1.165, 1.54) is 25.6 Å². The summed E-state index contributed by atoms with van der Waals surface area (Å²) in [7, 11) is 1.38. The van der Waals surface area contributed by atoms with E-state index in [2.05, 4.69) is 9.97 Å². The fraction of sp³-hybridized carbons (Fsp3) is 0.357. The minimum Gasteiger partial charge on any atom is -0.465 e. The second-order valence-corrected chi connectivity index (χ2v) is 4.61. The van der Waals surface area contributed by atoms with Crippen LogP contribution < -0.4 is 0 Å². The molecule has 0 atom stereocenters. The van der Waals surface area contributed by atoms with Crippen molar-refractivity contribution in [1.29, 1.82) is 0 Å². The first-order valence-electron chi connectivity index (χ1n) is 6.39. The number of fused-ring (bicyclic) bond motifs is 1.